The van der Waals surface area contributed by atoms with Crippen LogP contribution in [0.4, 0.5) is 0 Å². The largest absolute Gasteiger partial charge is 0.504 e. The maximum atomic E-state index is 15.3. The monoisotopic (exact) mass is 1030 g/mol. The van der Waals surface area contributed by atoms with Crippen molar-refractivity contribution in [2.75, 3.05) is 74.1 Å². The summed E-state index contributed by atoms with van der Waals surface area (Å²) in [6, 6.07) is 18.5. The molecule has 0 radical (unpaired) electrons. The molecule has 18 nitrogen and oxygen atoms in total. The molecule has 74 heavy (non-hydrogen) atoms. The number of phenolic OH excluding ortho intramolecular Hbond substituents is 2. The van der Waals surface area contributed by atoms with Crippen molar-refractivity contribution in [1.29, 1.82) is 0 Å². The van der Waals surface area contributed by atoms with Gasteiger partial charge in [-0.1, -0.05) is 70.2 Å². The Kier molecular flexibility index (Phi) is 14.6. The third-order valence-corrected chi connectivity index (χ3v) is 17.8. The van der Waals surface area contributed by atoms with Crippen molar-refractivity contribution in [3.8, 4) is 23.0 Å². The normalized spacial score (nSPS) is 33.0. The molecule has 0 spiro atoms. The standard InChI is InChI=1S/C56H68O18/c1-32-49(73-43(62)25-34-11-9-8-10-12-34)56(74-33(2)57)47(51(56,3)4)46-44-45-48(55(32,46)64)54(72-31-70-20-18-68-27-38(59)22-36-14-16-40(61)42(24-36)66-7)28-53(44,52(45,5)50(54)63)29-71-30-69-19-17-67-26-37(58)21-35-13-15-39(60)41(23-35)65-6/h8-16,23-24,32,44-49,60-61,64H,17-22,25-31H2,1-7H3/t32-,44+,45+,46+,47-,48-,49-,52-,53+,54+,55-,56-/m1/s1. The Morgan fingerprint density at radius 1 is 0.676 bits per heavy atom. The van der Waals surface area contributed by atoms with E-state index in [4.69, 9.17) is 47.4 Å². The number of aliphatic hydroxyl groups is 1. The second-order valence-corrected chi connectivity index (χ2v) is 21.7. The van der Waals surface area contributed by atoms with E-state index < -0.39 is 74.8 Å². The quantitative estimate of drug-likeness (QED) is 0.0530. The fraction of sp³-hybridized carbons (Fsp3) is 0.589. The van der Waals surface area contributed by atoms with Gasteiger partial charge in [-0.3, -0.25) is 24.0 Å². The number of aromatic hydroxyl groups is 2. The van der Waals surface area contributed by atoms with Gasteiger partial charge in [-0.15, -0.1) is 0 Å². The predicted molar refractivity (Wildman–Crippen MR) is 260 cm³/mol. The molecule has 6 aliphatic rings. The minimum atomic E-state index is -1.65. The molecule has 0 aromatic heterocycles. The highest BCUT2D eigenvalue weighted by Crippen LogP contribution is 2.94. The Morgan fingerprint density at radius 2 is 1.24 bits per heavy atom. The maximum Gasteiger partial charge on any atom is 0.310 e. The number of carbonyl (C=O) groups is 5. The molecule has 0 unspecified atom stereocenters. The van der Waals surface area contributed by atoms with E-state index >= 15 is 4.79 Å². The smallest absolute Gasteiger partial charge is 0.310 e. The van der Waals surface area contributed by atoms with Gasteiger partial charge in [0, 0.05) is 53.8 Å². The summed E-state index contributed by atoms with van der Waals surface area (Å²) in [6.07, 6.45) is -0.755. The number of rotatable bonds is 27. The number of ether oxygens (including phenoxy) is 10. The van der Waals surface area contributed by atoms with Crippen LogP contribution in [-0.4, -0.2) is 142 Å². The van der Waals surface area contributed by atoms with Gasteiger partial charge in [0.1, 0.15) is 38.5 Å². The highest BCUT2D eigenvalue weighted by atomic mass is 16.7. The van der Waals surface area contributed by atoms with Gasteiger partial charge in [0.25, 0.3) is 0 Å². The number of benzene rings is 3. The molecule has 0 saturated heterocycles. The lowest BCUT2D eigenvalue weighted by molar-refractivity contribution is -0.265. The van der Waals surface area contributed by atoms with Gasteiger partial charge >= 0.3 is 11.9 Å². The average Bonchev–Trinajstić information content (AvgIpc) is 3.56. The van der Waals surface area contributed by atoms with Crippen molar-refractivity contribution in [3.63, 3.8) is 0 Å². The van der Waals surface area contributed by atoms with Crippen molar-refractivity contribution >= 4 is 29.3 Å². The summed E-state index contributed by atoms with van der Waals surface area (Å²) >= 11 is 0. The van der Waals surface area contributed by atoms with Crippen LogP contribution in [0.15, 0.2) is 66.7 Å². The minimum Gasteiger partial charge on any atom is -0.504 e. The number of esters is 2. The first-order valence-electron chi connectivity index (χ1n) is 25.3. The summed E-state index contributed by atoms with van der Waals surface area (Å²) in [5, 5.41) is 33.6. The van der Waals surface area contributed by atoms with Crippen LogP contribution >= 0.6 is 0 Å². The van der Waals surface area contributed by atoms with E-state index in [0.29, 0.717) is 11.1 Å². The zero-order valence-electron chi connectivity index (χ0n) is 43.1. The van der Waals surface area contributed by atoms with Gasteiger partial charge in [-0.2, -0.15) is 0 Å². The summed E-state index contributed by atoms with van der Waals surface area (Å²) in [4.78, 5) is 67.7. The summed E-state index contributed by atoms with van der Waals surface area (Å²) in [7, 11) is 2.86. The topological polar surface area (TPSA) is 238 Å². The van der Waals surface area contributed by atoms with E-state index in [0.717, 1.165) is 5.56 Å². The van der Waals surface area contributed by atoms with Crippen LogP contribution < -0.4 is 9.47 Å². The first-order chi connectivity index (χ1) is 35.3. The lowest BCUT2D eigenvalue weighted by Crippen LogP contribution is -2.67. The van der Waals surface area contributed by atoms with Gasteiger partial charge < -0.3 is 62.7 Å². The molecule has 9 rings (SSSR count). The van der Waals surface area contributed by atoms with Crippen LogP contribution in [0.3, 0.4) is 0 Å². The van der Waals surface area contributed by atoms with E-state index in [2.05, 4.69) is 0 Å². The molecule has 2 bridgehead atoms. The lowest BCUT2D eigenvalue weighted by atomic mass is 9.37. The van der Waals surface area contributed by atoms with Crippen LogP contribution in [0.2, 0.25) is 0 Å². The summed E-state index contributed by atoms with van der Waals surface area (Å²) in [6.45, 7) is 8.60. The van der Waals surface area contributed by atoms with Crippen LogP contribution in [0.5, 0.6) is 23.0 Å². The number of methoxy groups -OCH3 is 2. The Morgan fingerprint density at radius 3 is 1.81 bits per heavy atom. The highest BCUT2D eigenvalue weighted by Gasteiger charge is 3.02. The first-order valence-corrected chi connectivity index (χ1v) is 25.3. The third kappa shape index (κ3) is 8.39. The highest BCUT2D eigenvalue weighted by molar-refractivity contribution is 6.02. The second-order valence-electron chi connectivity index (χ2n) is 21.7. The van der Waals surface area contributed by atoms with Gasteiger partial charge in [0.15, 0.2) is 45.9 Å². The van der Waals surface area contributed by atoms with Crippen molar-refractivity contribution in [2.24, 2.45) is 51.8 Å². The number of Topliss-reactive ketones (excluding diaryl/α,β-unsaturated/α-hetero) is 3. The summed E-state index contributed by atoms with van der Waals surface area (Å²) < 4.78 is 59.2. The molecular weight excluding hydrogens is 961 g/mol. The molecule has 6 fully saturated rings. The van der Waals surface area contributed by atoms with E-state index in [1.54, 1.807) is 24.3 Å². The van der Waals surface area contributed by atoms with Gasteiger partial charge in [-0.25, -0.2) is 0 Å². The van der Waals surface area contributed by atoms with Crippen LogP contribution in [0.1, 0.15) is 57.7 Å². The Balaban J connectivity index is 0.896. The molecule has 0 aliphatic heterocycles. The van der Waals surface area contributed by atoms with Crippen molar-refractivity contribution in [2.45, 2.75) is 83.2 Å². The molecule has 6 saturated carbocycles. The number of fused-ring (bicyclic) bond motifs is 8. The molecule has 3 aromatic rings. The Hall–Kier alpha value is -5.47. The molecular formula is C56H68O18. The SMILES string of the molecule is COc1cc(CC(=O)COCCOCOC[C@]23C[C@@]4(OCOCCOCC(=O)Cc5ccc(O)c(OC)c5)C(=O)[C@@]2(C)[C@H]2[C@H]3[C@H]3[C@@H]5C(C)(C)[C@]5(OC(C)=O)[C@H](OC(=O)Cc5ccccc5)[C@@H](C)[C@]3(O)[C@H]24)ccc1O. The maximum absolute atomic E-state index is 15.3. The van der Waals surface area contributed by atoms with Gasteiger partial charge in [0.05, 0.1) is 59.3 Å². The van der Waals surface area contributed by atoms with Crippen molar-refractivity contribution < 1.29 is 86.7 Å². The number of hydrogen-bond acceptors (Lipinski definition) is 18. The van der Waals surface area contributed by atoms with Gasteiger partial charge in [-0.05, 0) is 65.1 Å². The average molecular weight is 1030 g/mol. The molecule has 3 aromatic carbocycles. The van der Waals surface area contributed by atoms with Crippen molar-refractivity contribution in [3.05, 3.63) is 83.4 Å². The summed E-state index contributed by atoms with van der Waals surface area (Å²) in [5.74, 6) is -4.36. The Bertz CT molecular complexity index is 2640. The number of carbonyl (C=O) groups excluding carboxylic acids is 5. The van der Waals surface area contributed by atoms with Crippen LogP contribution in [0.25, 0.3) is 0 Å². The number of hydrogen-bond donors (Lipinski definition) is 3. The van der Waals surface area contributed by atoms with Crippen LogP contribution in [-0.2, 0) is 81.1 Å². The number of phenols is 2. The number of ketones is 3. The predicted octanol–water partition coefficient (Wildman–Crippen LogP) is 4.76. The molecule has 0 amide bonds. The van der Waals surface area contributed by atoms with Gasteiger partial charge in [0.2, 0.25) is 0 Å². The zero-order chi connectivity index (χ0) is 53.0. The molecule has 400 valence electrons. The van der Waals surface area contributed by atoms with Crippen LogP contribution in [0, 0.1) is 51.8 Å². The zero-order valence-corrected chi connectivity index (χ0v) is 43.1. The molecule has 3 N–H and O–H groups in total. The minimum absolute atomic E-state index is 0.0226. The molecule has 0 heterocycles. The fourth-order valence-electron chi connectivity index (χ4n) is 15.0. The molecule has 12 atom stereocenters. The second kappa shape index (κ2) is 20.2. The lowest BCUT2D eigenvalue weighted by Gasteiger charge is -2.65. The first kappa shape index (κ1) is 53.4. The van der Waals surface area contributed by atoms with E-state index in [1.807, 2.05) is 58.0 Å². The third-order valence-electron chi connectivity index (χ3n) is 17.8. The van der Waals surface area contributed by atoms with E-state index in [9.17, 15) is 34.5 Å². The summed E-state index contributed by atoms with van der Waals surface area (Å²) in [5.41, 5.74) is -5.03. The molecule has 18 heteroatoms. The fourth-order valence-corrected chi connectivity index (χ4v) is 15.0. The van der Waals surface area contributed by atoms with Crippen molar-refractivity contribution in [1.82, 2.24) is 0 Å². The Labute approximate surface area is 430 Å². The molecule has 6 aliphatic carbocycles. The van der Waals surface area contributed by atoms with E-state index in [-0.39, 0.29) is 138 Å². The van der Waals surface area contributed by atoms with E-state index in [1.165, 1.54) is 33.3 Å².